The number of aromatic nitrogens is 1. The molecule has 1 N–H and O–H groups in total. The van der Waals surface area contributed by atoms with Crippen molar-refractivity contribution in [3.8, 4) is 0 Å². The molecule has 1 atom stereocenters. The average Bonchev–Trinajstić information content (AvgIpc) is 2.99. The predicted molar refractivity (Wildman–Crippen MR) is 82.2 cm³/mol. The lowest BCUT2D eigenvalue weighted by Crippen LogP contribution is -2.11. The second-order valence-corrected chi connectivity index (χ2v) is 6.18. The van der Waals surface area contributed by atoms with Gasteiger partial charge in [-0.15, -0.1) is 11.3 Å². The molecule has 20 heavy (non-hydrogen) atoms. The minimum absolute atomic E-state index is 0.369. The van der Waals surface area contributed by atoms with Crippen LogP contribution < -0.4 is 5.76 Å². The number of hydrogen-bond acceptors (Lipinski definition) is 4. The quantitative estimate of drug-likeness (QED) is 0.783. The lowest BCUT2D eigenvalue weighted by Gasteiger charge is -2.09. The number of oxazole rings is 1. The monoisotopic (exact) mass is 353 g/mol. The highest BCUT2D eigenvalue weighted by molar-refractivity contribution is 9.10. The molecule has 0 saturated carbocycles. The molecule has 6 heteroatoms. The van der Waals surface area contributed by atoms with Crippen molar-refractivity contribution in [3.05, 3.63) is 55.1 Å². The van der Waals surface area contributed by atoms with Crippen LogP contribution in [0.2, 0.25) is 0 Å². The van der Waals surface area contributed by atoms with Crippen molar-refractivity contribution in [2.45, 2.75) is 19.6 Å². The molecule has 0 amide bonds. The predicted octanol–water partition coefficient (Wildman–Crippen LogP) is 3.52. The molecule has 2 aromatic heterocycles. The Bertz CT molecular complexity index is 817. The van der Waals surface area contributed by atoms with Gasteiger partial charge in [-0.05, 0) is 52.0 Å². The number of aryl methyl sites for hydroxylation is 1. The first-order chi connectivity index (χ1) is 9.61. The van der Waals surface area contributed by atoms with Gasteiger partial charge in [0.15, 0.2) is 5.58 Å². The summed E-state index contributed by atoms with van der Waals surface area (Å²) in [6, 6.07) is 7.25. The topological polar surface area (TPSA) is 55.4 Å². The van der Waals surface area contributed by atoms with E-state index in [1.807, 2.05) is 30.5 Å². The molecule has 104 valence electrons. The van der Waals surface area contributed by atoms with E-state index < -0.39 is 6.10 Å². The molecule has 1 aromatic carbocycles. The van der Waals surface area contributed by atoms with Crippen LogP contribution in [0.4, 0.5) is 0 Å². The summed E-state index contributed by atoms with van der Waals surface area (Å²) in [5, 5.41) is 12.3. The third-order valence-electron chi connectivity index (χ3n) is 3.22. The van der Waals surface area contributed by atoms with Crippen molar-refractivity contribution in [1.29, 1.82) is 0 Å². The molecule has 1 unspecified atom stereocenters. The molecule has 0 saturated heterocycles. The summed E-state index contributed by atoms with van der Waals surface area (Å²) in [6.45, 7) is 2.45. The zero-order valence-corrected chi connectivity index (χ0v) is 13.1. The smallest absolute Gasteiger partial charge is 0.408 e. The van der Waals surface area contributed by atoms with Crippen LogP contribution in [-0.4, -0.2) is 9.67 Å². The van der Waals surface area contributed by atoms with E-state index in [-0.39, 0.29) is 5.76 Å². The number of aliphatic hydroxyl groups is 1. The number of benzene rings is 1. The minimum atomic E-state index is -0.732. The van der Waals surface area contributed by atoms with E-state index in [1.165, 1.54) is 11.3 Å². The molecule has 0 fully saturated rings. The highest BCUT2D eigenvalue weighted by atomic mass is 79.9. The first-order valence-electron chi connectivity index (χ1n) is 6.16. The van der Waals surface area contributed by atoms with Crippen molar-refractivity contribution in [3.63, 3.8) is 0 Å². The standard InChI is InChI=1S/C14H12BrNO3S/c1-2-16-10-4-3-8(7-11(10)19-14(16)18)12(17)13-9(15)5-6-20-13/h3-7,12,17H,2H2,1H3. The van der Waals surface area contributed by atoms with Gasteiger partial charge in [-0.2, -0.15) is 0 Å². The van der Waals surface area contributed by atoms with E-state index in [1.54, 1.807) is 10.6 Å². The first kappa shape index (κ1) is 13.6. The third-order valence-corrected chi connectivity index (χ3v) is 5.14. The molecule has 0 spiro atoms. The molecule has 2 heterocycles. The summed E-state index contributed by atoms with van der Waals surface area (Å²) in [7, 11) is 0. The molecule has 4 nitrogen and oxygen atoms in total. The summed E-state index contributed by atoms with van der Waals surface area (Å²) in [4.78, 5) is 12.5. The zero-order chi connectivity index (χ0) is 14.3. The van der Waals surface area contributed by atoms with E-state index >= 15 is 0 Å². The maximum Gasteiger partial charge on any atom is 0.419 e. The number of aliphatic hydroxyl groups excluding tert-OH is 1. The number of rotatable bonds is 3. The fraction of sp³-hybridized carbons (Fsp3) is 0.214. The number of nitrogens with zero attached hydrogens (tertiary/aromatic N) is 1. The van der Waals surface area contributed by atoms with Crippen molar-refractivity contribution < 1.29 is 9.52 Å². The summed E-state index contributed by atoms with van der Waals surface area (Å²) in [6.07, 6.45) is -0.732. The van der Waals surface area contributed by atoms with Gasteiger partial charge in [-0.25, -0.2) is 4.79 Å². The van der Waals surface area contributed by atoms with Crippen molar-refractivity contribution >= 4 is 38.4 Å². The largest absolute Gasteiger partial charge is 0.419 e. The van der Waals surface area contributed by atoms with Gasteiger partial charge in [-0.1, -0.05) is 6.07 Å². The van der Waals surface area contributed by atoms with Crippen LogP contribution in [0.3, 0.4) is 0 Å². The summed E-state index contributed by atoms with van der Waals surface area (Å²) < 4.78 is 7.66. The Morgan fingerprint density at radius 3 is 2.90 bits per heavy atom. The van der Waals surface area contributed by atoms with E-state index in [0.29, 0.717) is 17.7 Å². The van der Waals surface area contributed by atoms with Gasteiger partial charge in [0, 0.05) is 11.0 Å². The van der Waals surface area contributed by atoms with Crippen molar-refractivity contribution in [1.82, 2.24) is 4.57 Å². The van der Waals surface area contributed by atoms with Crippen LogP contribution >= 0.6 is 27.3 Å². The SMILES string of the molecule is CCn1c(=O)oc2cc(C(O)c3sccc3Br)ccc21. The van der Waals surface area contributed by atoms with E-state index in [4.69, 9.17) is 4.42 Å². The first-order valence-corrected chi connectivity index (χ1v) is 7.83. The van der Waals surface area contributed by atoms with Gasteiger partial charge in [-0.3, -0.25) is 4.57 Å². The summed E-state index contributed by atoms with van der Waals surface area (Å²) in [5.41, 5.74) is 1.96. The molecule has 3 aromatic rings. The Kier molecular flexibility index (Phi) is 3.54. The number of halogens is 1. The van der Waals surface area contributed by atoms with Crippen LogP contribution in [0, 0.1) is 0 Å². The van der Waals surface area contributed by atoms with E-state index in [0.717, 1.165) is 14.9 Å². The fourth-order valence-corrected chi connectivity index (χ4v) is 3.81. The second kappa shape index (κ2) is 5.20. The zero-order valence-electron chi connectivity index (χ0n) is 10.7. The van der Waals surface area contributed by atoms with Crippen LogP contribution in [0.15, 0.2) is 43.3 Å². The van der Waals surface area contributed by atoms with Gasteiger partial charge in [0.1, 0.15) is 6.10 Å². The lowest BCUT2D eigenvalue weighted by molar-refractivity contribution is 0.223. The molecule has 0 radical (unpaired) electrons. The van der Waals surface area contributed by atoms with Crippen molar-refractivity contribution in [2.75, 3.05) is 0 Å². The van der Waals surface area contributed by atoms with Crippen LogP contribution in [0.5, 0.6) is 0 Å². The Balaban J connectivity index is 2.10. The van der Waals surface area contributed by atoms with Crippen LogP contribution in [0.25, 0.3) is 11.1 Å². The maximum atomic E-state index is 11.7. The molecule has 0 aliphatic heterocycles. The summed E-state index contributed by atoms with van der Waals surface area (Å²) >= 11 is 4.89. The van der Waals surface area contributed by atoms with Crippen molar-refractivity contribution in [2.24, 2.45) is 0 Å². The minimum Gasteiger partial charge on any atom is -0.408 e. The molecule has 0 aliphatic carbocycles. The van der Waals surface area contributed by atoms with E-state index in [9.17, 15) is 9.90 Å². The molecular weight excluding hydrogens is 342 g/mol. The Labute approximate surface area is 127 Å². The van der Waals surface area contributed by atoms with E-state index in [2.05, 4.69) is 15.9 Å². The normalized spacial score (nSPS) is 12.9. The molecule has 0 bridgehead atoms. The highest BCUT2D eigenvalue weighted by Gasteiger charge is 2.17. The number of hydrogen-bond donors (Lipinski definition) is 1. The number of fused-ring (bicyclic) bond motifs is 1. The number of thiophene rings is 1. The lowest BCUT2D eigenvalue weighted by atomic mass is 10.1. The van der Waals surface area contributed by atoms with Gasteiger partial charge in [0.2, 0.25) is 0 Å². The fourth-order valence-electron chi connectivity index (χ4n) is 2.20. The van der Waals surface area contributed by atoms with Crippen LogP contribution in [0.1, 0.15) is 23.5 Å². The summed E-state index contributed by atoms with van der Waals surface area (Å²) in [5.74, 6) is -0.369. The molecule has 0 aliphatic rings. The van der Waals surface area contributed by atoms with Gasteiger partial charge >= 0.3 is 5.76 Å². The van der Waals surface area contributed by atoms with Gasteiger partial charge < -0.3 is 9.52 Å². The van der Waals surface area contributed by atoms with Gasteiger partial charge in [0.25, 0.3) is 0 Å². The Hall–Kier alpha value is -1.37. The average molecular weight is 354 g/mol. The third kappa shape index (κ3) is 2.13. The molecule has 3 rings (SSSR count). The maximum absolute atomic E-state index is 11.7. The highest BCUT2D eigenvalue weighted by Crippen LogP contribution is 2.33. The molecular formula is C14H12BrNO3S. The Morgan fingerprint density at radius 2 is 2.25 bits per heavy atom. The Morgan fingerprint density at radius 1 is 1.45 bits per heavy atom. The van der Waals surface area contributed by atoms with Gasteiger partial charge in [0.05, 0.1) is 10.4 Å². The second-order valence-electron chi connectivity index (χ2n) is 4.37. The van der Waals surface area contributed by atoms with Crippen LogP contribution in [-0.2, 0) is 6.54 Å².